The fourth-order valence-corrected chi connectivity index (χ4v) is 2.41. The minimum absolute atomic E-state index is 0.0801. The summed E-state index contributed by atoms with van der Waals surface area (Å²) in [6.45, 7) is 2.02. The lowest BCUT2D eigenvalue weighted by atomic mass is 10.1. The van der Waals surface area contributed by atoms with E-state index in [-0.39, 0.29) is 5.91 Å². The summed E-state index contributed by atoms with van der Waals surface area (Å²) in [7, 11) is 0. The molecule has 0 spiro atoms. The Kier molecular flexibility index (Phi) is 5.25. The van der Waals surface area contributed by atoms with Crippen molar-refractivity contribution in [1.29, 1.82) is 5.26 Å². The second-order valence-electron chi connectivity index (χ2n) is 5.96. The van der Waals surface area contributed by atoms with E-state index in [4.69, 9.17) is 5.26 Å². The maximum absolute atomic E-state index is 12.1. The first-order valence-electron chi connectivity index (χ1n) is 8.21. The van der Waals surface area contributed by atoms with Gasteiger partial charge in [-0.2, -0.15) is 5.26 Å². The van der Waals surface area contributed by atoms with Gasteiger partial charge in [0.05, 0.1) is 29.9 Å². The van der Waals surface area contributed by atoms with E-state index in [9.17, 15) is 4.79 Å². The van der Waals surface area contributed by atoms with Crippen molar-refractivity contribution >= 4 is 23.1 Å². The summed E-state index contributed by atoms with van der Waals surface area (Å²) in [5.74, 6) is 0.578. The zero-order valence-corrected chi connectivity index (χ0v) is 14.4. The Morgan fingerprint density at radius 2 is 1.69 bits per heavy atom. The number of hydrogen-bond acceptors (Lipinski definition) is 4. The van der Waals surface area contributed by atoms with Crippen LogP contribution >= 0.6 is 0 Å². The topological polar surface area (TPSA) is 77.8 Å². The average Bonchev–Trinajstić information content (AvgIpc) is 2.66. The first-order chi connectivity index (χ1) is 12.6. The second kappa shape index (κ2) is 7.95. The standard InChI is InChI=1S/C21H18N4O/c1-15-2-4-16(5-3-15)12-21(26)25-19-10-11-20(23-14-19)24-18-8-6-17(13-22)7-9-18/h2-11,14H,12H2,1H3,(H,23,24)(H,25,26). The summed E-state index contributed by atoms with van der Waals surface area (Å²) in [5.41, 5.74) is 4.24. The fraction of sp³-hybridized carbons (Fsp3) is 0.0952. The Morgan fingerprint density at radius 1 is 1.00 bits per heavy atom. The first-order valence-corrected chi connectivity index (χ1v) is 8.21. The van der Waals surface area contributed by atoms with Gasteiger partial charge in [-0.1, -0.05) is 29.8 Å². The maximum Gasteiger partial charge on any atom is 0.228 e. The highest BCUT2D eigenvalue weighted by Gasteiger charge is 2.05. The molecule has 1 aromatic heterocycles. The maximum atomic E-state index is 12.1. The molecule has 5 heteroatoms. The minimum Gasteiger partial charge on any atom is -0.340 e. The molecule has 0 atom stereocenters. The molecule has 0 aliphatic carbocycles. The SMILES string of the molecule is Cc1ccc(CC(=O)Nc2ccc(Nc3ccc(C#N)cc3)nc2)cc1. The van der Waals surface area contributed by atoms with Gasteiger partial charge in [0.1, 0.15) is 5.82 Å². The molecule has 0 bridgehead atoms. The highest BCUT2D eigenvalue weighted by atomic mass is 16.1. The zero-order chi connectivity index (χ0) is 18.4. The van der Waals surface area contributed by atoms with Crippen LogP contribution in [-0.4, -0.2) is 10.9 Å². The van der Waals surface area contributed by atoms with Gasteiger partial charge in [0.2, 0.25) is 5.91 Å². The van der Waals surface area contributed by atoms with Crippen molar-refractivity contribution in [2.24, 2.45) is 0 Å². The van der Waals surface area contributed by atoms with Crippen LogP contribution in [0.1, 0.15) is 16.7 Å². The largest absolute Gasteiger partial charge is 0.340 e. The third-order valence-corrected chi connectivity index (χ3v) is 3.82. The van der Waals surface area contributed by atoms with Crippen molar-refractivity contribution in [2.45, 2.75) is 13.3 Å². The predicted molar refractivity (Wildman–Crippen MR) is 102 cm³/mol. The number of nitrogens with zero attached hydrogens (tertiary/aromatic N) is 2. The van der Waals surface area contributed by atoms with Gasteiger partial charge in [0, 0.05) is 5.69 Å². The summed E-state index contributed by atoms with van der Waals surface area (Å²) in [6, 6.07) is 20.7. The van der Waals surface area contributed by atoms with Crippen molar-refractivity contribution in [2.75, 3.05) is 10.6 Å². The van der Waals surface area contributed by atoms with Crippen LogP contribution in [0.15, 0.2) is 66.9 Å². The van der Waals surface area contributed by atoms with E-state index in [1.165, 1.54) is 5.56 Å². The molecular weight excluding hydrogens is 324 g/mol. The number of amides is 1. The van der Waals surface area contributed by atoms with Crippen LogP contribution in [0.5, 0.6) is 0 Å². The average molecular weight is 342 g/mol. The number of carbonyl (C=O) groups excluding carboxylic acids is 1. The van der Waals surface area contributed by atoms with Gasteiger partial charge in [-0.05, 0) is 48.9 Å². The molecule has 0 saturated carbocycles. The summed E-state index contributed by atoms with van der Waals surface area (Å²) >= 11 is 0. The van der Waals surface area contributed by atoms with Crippen molar-refractivity contribution in [3.8, 4) is 6.07 Å². The third kappa shape index (κ3) is 4.68. The Balaban J connectivity index is 1.57. The smallest absolute Gasteiger partial charge is 0.228 e. The Morgan fingerprint density at radius 3 is 2.31 bits per heavy atom. The van der Waals surface area contributed by atoms with Gasteiger partial charge in [0.15, 0.2) is 0 Å². The van der Waals surface area contributed by atoms with Crippen LogP contribution < -0.4 is 10.6 Å². The van der Waals surface area contributed by atoms with E-state index in [0.29, 0.717) is 23.5 Å². The summed E-state index contributed by atoms with van der Waals surface area (Å²) in [4.78, 5) is 16.4. The number of aromatic nitrogens is 1. The van der Waals surface area contributed by atoms with E-state index >= 15 is 0 Å². The predicted octanol–water partition coefficient (Wildman–Crippen LogP) is 4.19. The number of rotatable bonds is 5. The number of benzene rings is 2. The number of anilines is 3. The Labute approximate surface area is 152 Å². The molecule has 0 saturated heterocycles. The fourth-order valence-electron chi connectivity index (χ4n) is 2.41. The highest BCUT2D eigenvalue weighted by molar-refractivity contribution is 5.92. The van der Waals surface area contributed by atoms with Gasteiger partial charge in [-0.25, -0.2) is 4.98 Å². The van der Waals surface area contributed by atoms with E-state index in [1.54, 1.807) is 30.5 Å². The molecule has 0 fully saturated rings. The van der Waals surface area contributed by atoms with Crippen molar-refractivity contribution in [1.82, 2.24) is 4.98 Å². The molecular formula is C21H18N4O. The number of nitrogens with one attached hydrogen (secondary N) is 2. The van der Waals surface area contributed by atoms with E-state index in [2.05, 4.69) is 21.7 Å². The van der Waals surface area contributed by atoms with E-state index < -0.39 is 0 Å². The van der Waals surface area contributed by atoms with Crippen LogP contribution in [-0.2, 0) is 11.2 Å². The normalized spacial score (nSPS) is 10.0. The summed E-state index contributed by atoms with van der Waals surface area (Å²) in [6.07, 6.45) is 1.94. The molecule has 5 nitrogen and oxygen atoms in total. The van der Waals surface area contributed by atoms with E-state index in [1.807, 2.05) is 43.3 Å². The third-order valence-electron chi connectivity index (χ3n) is 3.82. The minimum atomic E-state index is -0.0801. The Hall–Kier alpha value is -3.65. The van der Waals surface area contributed by atoms with Crippen LogP contribution in [0.3, 0.4) is 0 Å². The van der Waals surface area contributed by atoms with Crippen molar-refractivity contribution in [3.63, 3.8) is 0 Å². The van der Waals surface area contributed by atoms with Crippen LogP contribution in [0.25, 0.3) is 0 Å². The summed E-state index contributed by atoms with van der Waals surface area (Å²) in [5, 5.41) is 14.8. The molecule has 0 aliphatic heterocycles. The molecule has 26 heavy (non-hydrogen) atoms. The van der Waals surface area contributed by atoms with Crippen LogP contribution in [0.4, 0.5) is 17.2 Å². The summed E-state index contributed by atoms with van der Waals surface area (Å²) < 4.78 is 0. The molecule has 1 amide bonds. The van der Waals surface area contributed by atoms with Crippen molar-refractivity contribution in [3.05, 3.63) is 83.6 Å². The van der Waals surface area contributed by atoms with Gasteiger partial charge >= 0.3 is 0 Å². The van der Waals surface area contributed by atoms with Gasteiger partial charge in [0.25, 0.3) is 0 Å². The number of carbonyl (C=O) groups is 1. The highest BCUT2D eigenvalue weighted by Crippen LogP contribution is 2.17. The van der Waals surface area contributed by atoms with Gasteiger partial charge in [-0.15, -0.1) is 0 Å². The molecule has 2 N–H and O–H groups in total. The Bertz CT molecular complexity index is 924. The molecule has 0 unspecified atom stereocenters. The lowest BCUT2D eigenvalue weighted by Gasteiger charge is -2.08. The molecule has 0 aliphatic rings. The molecule has 3 rings (SSSR count). The monoisotopic (exact) mass is 342 g/mol. The number of hydrogen-bond donors (Lipinski definition) is 2. The van der Waals surface area contributed by atoms with Crippen LogP contribution in [0.2, 0.25) is 0 Å². The number of nitriles is 1. The molecule has 128 valence electrons. The molecule has 0 radical (unpaired) electrons. The molecule has 3 aromatic rings. The first kappa shape index (κ1) is 17.2. The number of pyridine rings is 1. The zero-order valence-electron chi connectivity index (χ0n) is 14.4. The van der Waals surface area contributed by atoms with Crippen LogP contribution in [0, 0.1) is 18.3 Å². The second-order valence-corrected chi connectivity index (χ2v) is 5.96. The quantitative estimate of drug-likeness (QED) is 0.729. The lowest BCUT2D eigenvalue weighted by Crippen LogP contribution is -2.14. The van der Waals surface area contributed by atoms with E-state index in [0.717, 1.165) is 11.3 Å². The van der Waals surface area contributed by atoms with Gasteiger partial charge < -0.3 is 10.6 Å². The number of aryl methyl sites for hydroxylation is 1. The molecule has 2 aromatic carbocycles. The molecule has 1 heterocycles. The van der Waals surface area contributed by atoms with Gasteiger partial charge in [-0.3, -0.25) is 4.79 Å². The van der Waals surface area contributed by atoms with Crippen molar-refractivity contribution < 1.29 is 4.79 Å². The lowest BCUT2D eigenvalue weighted by molar-refractivity contribution is -0.115.